The van der Waals surface area contributed by atoms with Crippen molar-refractivity contribution in [3.63, 3.8) is 0 Å². The number of carboxylic acid groups (broad SMARTS) is 2. The molecule has 2 heterocycles. The van der Waals surface area contributed by atoms with Gasteiger partial charge in [-0.15, -0.1) is 0 Å². The molecule has 14 heteroatoms. The molecular formula is C20H22N8O6. The lowest BCUT2D eigenvalue weighted by Gasteiger charge is -2.19. The van der Waals surface area contributed by atoms with Gasteiger partial charge in [-0.25, -0.2) is 9.78 Å². The molecule has 0 radical (unpaired) electrons. The smallest absolute Gasteiger partial charge is 0.326 e. The van der Waals surface area contributed by atoms with Crippen LogP contribution < -0.4 is 27.2 Å². The van der Waals surface area contributed by atoms with Crippen LogP contribution in [0.15, 0.2) is 29.1 Å². The Kier molecular flexibility index (Phi) is 5.74. The van der Waals surface area contributed by atoms with Crippen molar-refractivity contribution in [1.29, 1.82) is 0 Å². The van der Waals surface area contributed by atoms with Crippen LogP contribution >= 0.6 is 0 Å². The van der Waals surface area contributed by atoms with Crippen molar-refractivity contribution in [2.75, 3.05) is 23.3 Å². The predicted molar refractivity (Wildman–Crippen MR) is 121 cm³/mol. The Morgan fingerprint density at radius 1 is 1.18 bits per heavy atom. The van der Waals surface area contributed by atoms with Crippen LogP contribution in [-0.2, 0) is 16.1 Å². The highest BCUT2D eigenvalue weighted by Gasteiger charge is 2.22. The van der Waals surface area contributed by atoms with Crippen LogP contribution in [0, 0.1) is 0 Å². The quantitative estimate of drug-likeness (QED) is 0.232. The lowest BCUT2D eigenvalue weighted by atomic mass is 10.1. The number of anilines is 3. The molecule has 0 fully saturated rings. The molecule has 2 aromatic heterocycles. The largest absolute Gasteiger partial charge is 0.481 e. The second-order valence-electron chi connectivity index (χ2n) is 7.11. The summed E-state index contributed by atoms with van der Waals surface area (Å²) in [6, 6.07) is 3.67. The van der Waals surface area contributed by atoms with Crippen LogP contribution in [0.2, 0.25) is 0 Å². The first-order valence-corrected chi connectivity index (χ1v) is 9.71. The van der Waals surface area contributed by atoms with Gasteiger partial charge in [0.25, 0.3) is 11.5 Å². The predicted octanol–water partition coefficient (Wildman–Crippen LogP) is -0.438. The van der Waals surface area contributed by atoms with Crippen molar-refractivity contribution in [3.05, 3.63) is 45.9 Å². The van der Waals surface area contributed by atoms with Crippen molar-refractivity contribution in [2.45, 2.75) is 25.4 Å². The van der Waals surface area contributed by atoms with E-state index in [1.54, 1.807) is 0 Å². The highest BCUT2D eigenvalue weighted by atomic mass is 16.4. The maximum Gasteiger partial charge on any atom is 0.326 e. The number of aromatic amines is 1. The number of nitrogens with two attached hydrogens (primary N) is 2. The Bertz CT molecular complexity index is 1410. The van der Waals surface area contributed by atoms with E-state index in [1.807, 2.05) is 0 Å². The average molecular weight is 473 g/mol. The Morgan fingerprint density at radius 2 is 1.88 bits per heavy atom. The lowest BCUT2D eigenvalue weighted by molar-refractivity contribution is -0.140. The van der Waals surface area contributed by atoms with Crippen LogP contribution in [0.3, 0.4) is 0 Å². The second-order valence-corrected chi connectivity index (χ2v) is 7.11. The number of amides is 1. The highest BCUT2D eigenvalue weighted by molar-refractivity contribution is 5.97. The summed E-state index contributed by atoms with van der Waals surface area (Å²) in [7, 11) is 0. The van der Waals surface area contributed by atoms with E-state index in [-0.39, 0.29) is 46.3 Å². The van der Waals surface area contributed by atoms with Crippen LogP contribution in [-0.4, -0.2) is 61.0 Å². The summed E-state index contributed by atoms with van der Waals surface area (Å²) in [4.78, 5) is 62.1. The number of nitrogen functional groups attached to an aromatic ring is 2. The monoisotopic (exact) mass is 473 g/mol. The number of rotatable bonds is 9. The van der Waals surface area contributed by atoms with Crippen molar-refractivity contribution in [3.8, 4) is 0 Å². The van der Waals surface area contributed by atoms with E-state index >= 15 is 0 Å². The summed E-state index contributed by atoms with van der Waals surface area (Å²) in [6.07, 6.45) is -0.784. The molecule has 14 nitrogen and oxygen atoms in total. The fraction of sp³-hybridized carbons (Fsp3) is 0.250. The number of nitrogens with zero attached hydrogens (tertiary/aromatic N) is 4. The number of aromatic nitrogens is 4. The number of hydrogen-bond acceptors (Lipinski definition) is 10. The summed E-state index contributed by atoms with van der Waals surface area (Å²) in [5.41, 5.74) is 10.5. The summed E-state index contributed by atoms with van der Waals surface area (Å²) in [5, 5.41) is 20.2. The Labute approximate surface area is 195 Å². The van der Waals surface area contributed by atoms with Crippen molar-refractivity contribution in [1.82, 2.24) is 25.3 Å². The number of carboxylic acids is 2. The summed E-state index contributed by atoms with van der Waals surface area (Å²) >= 11 is 0. The van der Waals surface area contributed by atoms with Gasteiger partial charge < -0.3 is 36.9 Å². The molecule has 0 aliphatic rings. The Morgan fingerprint density at radius 3 is 2.50 bits per heavy atom. The van der Waals surface area contributed by atoms with Gasteiger partial charge in [-0.3, -0.25) is 14.4 Å². The molecule has 0 spiro atoms. The van der Waals surface area contributed by atoms with Gasteiger partial charge in [0.15, 0.2) is 11.5 Å². The first kappa shape index (κ1) is 19.9. The highest BCUT2D eigenvalue weighted by Crippen LogP contribution is 2.17. The number of H-pyrrole nitrogens is 1. The molecule has 178 valence electrons. The SMILES string of the molecule is [2H]C([2H])([2H])N(Cc1nc2c(N)nc(N)nc2[nH]c1=O)c1ccc(C(=O)NC(CCC(=O)O)C(=O)O)cc1. The van der Waals surface area contributed by atoms with E-state index in [0.29, 0.717) is 0 Å². The van der Waals surface area contributed by atoms with Gasteiger partial charge in [0.1, 0.15) is 17.3 Å². The molecule has 1 aromatic carbocycles. The third-order valence-corrected chi connectivity index (χ3v) is 4.67. The second kappa shape index (κ2) is 9.81. The minimum atomic E-state index is -2.73. The van der Waals surface area contributed by atoms with Crippen LogP contribution in [0.1, 0.15) is 33.0 Å². The zero-order valence-corrected chi connectivity index (χ0v) is 17.5. The average Bonchev–Trinajstić information content (AvgIpc) is 2.79. The van der Waals surface area contributed by atoms with Crippen LogP contribution in [0.4, 0.5) is 17.5 Å². The fourth-order valence-corrected chi connectivity index (χ4v) is 2.96. The molecule has 1 unspecified atom stereocenters. The van der Waals surface area contributed by atoms with Gasteiger partial charge >= 0.3 is 11.9 Å². The van der Waals surface area contributed by atoms with Crippen molar-refractivity contribution in [2.24, 2.45) is 0 Å². The van der Waals surface area contributed by atoms with Crippen molar-refractivity contribution < 1.29 is 28.7 Å². The molecule has 0 saturated carbocycles. The normalized spacial score (nSPS) is 13.4. The number of hydrogen-bond donors (Lipinski definition) is 6. The summed E-state index contributed by atoms with van der Waals surface area (Å²) in [6.45, 7) is -3.21. The number of aliphatic carboxylic acids is 2. The molecule has 0 aliphatic heterocycles. The van der Waals surface area contributed by atoms with Crippen molar-refractivity contribution >= 4 is 46.5 Å². The van der Waals surface area contributed by atoms with E-state index in [9.17, 15) is 24.3 Å². The molecule has 3 aromatic rings. The number of carbonyl (C=O) groups excluding carboxylic acids is 1. The van der Waals surface area contributed by atoms with Gasteiger partial charge in [0.05, 0.1) is 6.54 Å². The Hall–Kier alpha value is -4.75. The van der Waals surface area contributed by atoms with Gasteiger partial charge in [-0.05, 0) is 30.7 Å². The molecule has 0 bridgehead atoms. The maximum absolute atomic E-state index is 12.5. The van der Waals surface area contributed by atoms with E-state index in [0.717, 1.165) is 4.90 Å². The molecule has 8 N–H and O–H groups in total. The standard InChI is InChI=1S/C20H22N8O6/c1-28(8-12-18(32)26-16-14(23-12)15(21)25-20(22)27-16)10-4-2-9(3-5-10)17(31)24-11(19(33)34)6-7-13(29)30/h2-5,11H,6-8H2,1H3,(H,24,31)(H,29,30)(H,33,34)(H5,21,22,25,26,27,32)/i1D3. The number of fused-ring (bicyclic) bond motifs is 1. The zero-order valence-electron chi connectivity index (χ0n) is 20.5. The number of nitrogens with one attached hydrogen (secondary N) is 2. The number of carbonyl (C=O) groups is 3. The van der Waals surface area contributed by atoms with Gasteiger partial charge in [0.2, 0.25) is 5.95 Å². The summed E-state index contributed by atoms with van der Waals surface area (Å²) < 4.78 is 23.7. The van der Waals surface area contributed by atoms with E-state index < -0.39 is 49.4 Å². The molecular weight excluding hydrogens is 448 g/mol. The first-order chi connectivity index (χ1) is 17.3. The van der Waals surface area contributed by atoms with E-state index in [4.69, 9.17) is 20.7 Å². The molecule has 34 heavy (non-hydrogen) atoms. The fourth-order valence-electron chi connectivity index (χ4n) is 2.96. The van der Waals surface area contributed by atoms with Gasteiger partial charge in [-0.1, -0.05) is 0 Å². The summed E-state index contributed by atoms with van der Waals surface area (Å²) in [5.74, 6) is -3.71. The van der Waals surface area contributed by atoms with Gasteiger partial charge in [-0.2, -0.15) is 9.97 Å². The van der Waals surface area contributed by atoms with Gasteiger partial charge in [0, 0.05) is 28.8 Å². The van der Waals surface area contributed by atoms with E-state index in [2.05, 4.69) is 25.3 Å². The minimum absolute atomic E-state index is 0.00000488. The molecule has 0 aliphatic carbocycles. The Balaban J connectivity index is 1.86. The van der Waals surface area contributed by atoms with Crippen LogP contribution in [0.25, 0.3) is 11.2 Å². The number of benzene rings is 1. The molecule has 0 saturated heterocycles. The third-order valence-electron chi connectivity index (χ3n) is 4.67. The minimum Gasteiger partial charge on any atom is -0.481 e. The van der Waals surface area contributed by atoms with Crippen LogP contribution in [0.5, 0.6) is 0 Å². The third kappa shape index (κ3) is 5.53. The lowest BCUT2D eigenvalue weighted by Crippen LogP contribution is -2.41. The maximum atomic E-state index is 12.5. The molecule has 1 amide bonds. The zero-order chi connectivity index (χ0) is 27.5. The molecule has 1 atom stereocenters. The first-order valence-electron chi connectivity index (χ1n) is 11.2. The van der Waals surface area contributed by atoms with E-state index in [1.165, 1.54) is 24.3 Å². The topological polar surface area (TPSA) is 231 Å². The molecule has 3 rings (SSSR count).